The summed E-state index contributed by atoms with van der Waals surface area (Å²) in [7, 11) is 0. The van der Waals surface area contributed by atoms with Gasteiger partial charge in [0.15, 0.2) is 0 Å². The minimum absolute atomic E-state index is 0.192. The molecule has 17 heavy (non-hydrogen) atoms. The van der Waals surface area contributed by atoms with Gasteiger partial charge in [-0.25, -0.2) is 4.98 Å². The Kier molecular flexibility index (Phi) is 3.77. The summed E-state index contributed by atoms with van der Waals surface area (Å²) in [6, 6.07) is -0.618. The molecule has 0 aliphatic heterocycles. The fourth-order valence-corrected chi connectivity index (χ4v) is 1.09. The van der Waals surface area contributed by atoms with Crippen molar-refractivity contribution in [3.8, 4) is 0 Å². The highest BCUT2D eigenvalue weighted by atomic mass is 16.2. The lowest BCUT2D eigenvalue weighted by Gasteiger charge is -2.25. The van der Waals surface area contributed by atoms with Gasteiger partial charge in [0, 0.05) is 0 Å². The lowest BCUT2D eigenvalue weighted by molar-refractivity contribution is -0.119. The first-order valence-electron chi connectivity index (χ1n) is 5.46. The van der Waals surface area contributed by atoms with E-state index in [1.165, 1.54) is 0 Å². The number of amides is 1. The molecule has 0 aliphatic carbocycles. The molecule has 0 unspecified atom stereocenters. The molecule has 6 heteroatoms. The highest BCUT2D eigenvalue weighted by molar-refractivity contribution is 5.93. The predicted octanol–water partition coefficient (Wildman–Crippen LogP) is 0.800. The summed E-state index contributed by atoms with van der Waals surface area (Å²) in [6.07, 6.45) is 0. The van der Waals surface area contributed by atoms with Crippen LogP contribution in [-0.2, 0) is 4.79 Å². The zero-order valence-corrected chi connectivity index (χ0v) is 10.9. The molecule has 0 saturated heterocycles. The van der Waals surface area contributed by atoms with Crippen LogP contribution in [0.25, 0.3) is 0 Å². The summed E-state index contributed by atoms with van der Waals surface area (Å²) in [4.78, 5) is 15.9. The van der Waals surface area contributed by atoms with Crippen molar-refractivity contribution in [3.05, 3.63) is 11.4 Å². The molecule has 1 atom stereocenters. The van der Waals surface area contributed by atoms with Crippen molar-refractivity contribution in [2.75, 3.05) is 5.32 Å². The van der Waals surface area contributed by atoms with E-state index in [4.69, 9.17) is 5.73 Å². The Morgan fingerprint density at radius 3 is 2.29 bits per heavy atom. The summed E-state index contributed by atoms with van der Waals surface area (Å²) in [5, 5.41) is 10.2. The Labute approximate surface area is 101 Å². The van der Waals surface area contributed by atoms with E-state index < -0.39 is 6.04 Å². The predicted molar refractivity (Wildman–Crippen MR) is 65.4 cm³/mol. The third-order valence-corrected chi connectivity index (χ3v) is 2.54. The molecule has 0 aliphatic rings. The highest BCUT2D eigenvalue weighted by Gasteiger charge is 2.28. The molecule has 0 bridgehead atoms. The second-order valence-electron chi connectivity index (χ2n) is 5.14. The van der Waals surface area contributed by atoms with Gasteiger partial charge in [-0.15, -0.1) is 5.10 Å². The number of anilines is 1. The van der Waals surface area contributed by atoms with Gasteiger partial charge in [0.1, 0.15) is 0 Å². The summed E-state index contributed by atoms with van der Waals surface area (Å²) < 4.78 is 0. The number of rotatable bonds is 2. The van der Waals surface area contributed by atoms with E-state index in [2.05, 4.69) is 20.5 Å². The zero-order chi connectivity index (χ0) is 13.2. The molecule has 3 N–H and O–H groups in total. The molecule has 1 aromatic heterocycles. The Morgan fingerprint density at radius 2 is 1.82 bits per heavy atom. The molecule has 6 nitrogen and oxygen atoms in total. The van der Waals surface area contributed by atoms with Crippen molar-refractivity contribution in [2.24, 2.45) is 11.1 Å². The highest BCUT2D eigenvalue weighted by Crippen LogP contribution is 2.18. The molecular formula is C11H19N5O. The minimum atomic E-state index is -0.618. The van der Waals surface area contributed by atoms with Crippen LogP contribution in [0.5, 0.6) is 0 Å². The number of nitrogens with one attached hydrogen (secondary N) is 1. The standard InChI is InChI=1S/C11H19N5O/c1-6-7(2)15-16-10(13-6)14-9(17)8(12)11(3,4)5/h8H,12H2,1-5H3,(H,13,14,16,17)/t8-/m0/s1. The van der Waals surface area contributed by atoms with Gasteiger partial charge < -0.3 is 5.73 Å². The smallest absolute Gasteiger partial charge is 0.249 e. The molecule has 0 spiro atoms. The third-order valence-electron chi connectivity index (χ3n) is 2.54. The summed E-state index contributed by atoms with van der Waals surface area (Å²) in [5.74, 6) is -0.111. The first-order chi connectivity index (χ1) is 7.71. The number of hydrogen-bond donors (Lipinski definition) is 2. The van der Waals surface area contributed by atoms with Crippen molar-refractivity contribution in [1.82, 2.24) is 15.2 Å². The van der Waals surface area contributed by atoms with Crippen LogP contribution in [0.1, 0.15) is 32.2 Å². The van der Waals surface area contributed by atoms with Crippen molar-refractivity contribution in [2.45, 2.75) is 40.7 Å². The van der Waals surface area contributed by atoms with E-state index >= 15 is 0 Å². The molecule has 0 saturated carbocycles. The fourth-order valence-electron chi connectivity index (χ4n) is 1.09. The molecule has 0 aromatic carbocycles. The molecule has 0 radical (unpaired) electrons. The van der Waals surface area contributed by atoms with Crippen molar-refractivity contribution < 1.29 is 4.79 Å². The maximum Gasteiger partial charge on any atom is 0.249 e. The quantitative estimate of drug-likeness (QED) is 0.793. The average molecular weight is 237 g/mol. The van der Waals surface area contributed by atoms with Crippen LogP contribution in [0, 0.1) is 19.3 Å². The van der Waals surface area contributed by atoms with Gasteiger partial charge in [-0.3, -0.25) is 10.1 Å². The maximum atomic E-state index is 11.8. The number of aromatic nitrogens is 3. The summed E-state index contributed by atoms with van der Waals surface area (Å²) in [6.45, 7) is 9.31. The van der Waals surface area contributed by atoms with Crippen LogP contribution >= 0.6 is 0 Å². The van der Waals surface area contributed by atoms with Crippen molar-refractivity contribution >= 4 is 11.9 Å². The van der Waals surface area contributed by atoms with E-state index in [0.29, 0.717) is 0 Å². The molecule has 1 rings (SSSR count). The molecule has 1 amide bonds. The van der Waals surface area contributed by atoms with E-state index in [9.17, 15) is 4.79 Å². The SMILES string of the molecule is Cc1nnc(NC(=O)[C@H](N)C(C)(C)C)nc1C. The van der Waals surface area contributed by atoms with Gasteiger partial charge in [0.25, 0.3) is 0 Å². The Morgan fingerprint density at radius 1 is 1.24 bits per heavy atom. The lowest BCUT2D eigenvalue weighted by atomic mass is 9.87. The molecule has 1 heterocycles. The van der Waals surface area contributed by atoms with Crippen LogP contribution in [0.15, 0.2) is 0 Å². The molecule has 0 fully saturated rings. The van der Waals surface area contributed by atoms with Crippen LogP contribution in [-0.4, -0.2) is 27.1 Å². The van der Waals surface area contributed by atoms with Crippen LogP contribution in [0.2, 0.25) is 0 Å². The van der Waals surface area contributed by atoms with Gasteiger partial charge in [-0.2, -0.15) is 5.10 Å². The van der Waals surface area contributed by atoms with E-state index in [1.807, 2.05) is 34.6 Å². The number of carbonyl (C=O) groups excluding carboxylic acids is 1. The normalized spacial score (nSPS) is 13.3. The first kappa shape index (κ1) is 13.5. The van der Waals surface area contributed by atoms with E-state index in [1.54, 1.807) is 0 Å². The monoisotopic (exact) mass is 237 g/mol. The summed E-state index contributed by atoms with van der Waals surface area (Å²) in [5.41, 5.74) is 6.99. The number of nitrogens with two attached hydrogens (primary N) is 1. The second-order valence-corrected chi connectivity index (χ2v) is 5.14. The van der Waals surface area contributed by atoms with E-state index in [0.717, 1.165) is 11.4 Å². The topological polar surface area (TPSA) is 93.8 Å². The van der Waals surface area contributed by atoms with Gasteiger partial charge in [-0.05, 0) is 19.3 Å². The van der Waals surface area contributed by atoms with Crippen molar-refractivity contribution in [1.29, 1.82) is 0 Å². The number of hydrogen-bond acceptors (Lipinski definition) is 5. The Bertz CT molecular complexity index is 424. The number of carbonyl (C=O) groups is 1. The largest absolute Gasteiger partial charge is 0.319 e. The van der Waals surface area contributed by atoms with Gasteiger partial charge in [0.2, 0.25) is 11.9 Å². The average Bonchev–Trinajstić information content (AvgIpc) is 2.21. The summed E-state index contributed by atoms with van der Waals surface area (Å²) >= 11 is 0. The number of nitrogens with zero attached hydrogens (tertiary/aromatic N) is 3. The first-order valence-corrected chi connectivity index (χ1v) is 5.46. The van der Waals surface area contributed by atoms with Crippen LogP contribution in [0.3, 0.4) is 0 Å². The maximum absolute atomic E-state index is 11.8. The van der Waals surface area contributed by atoms with Crippen molar-refractivity contribution in [3.63, 3.8) is 0 Å². The molecule has 1 aromatic rings. The fraction of sp³-hybridized carbons (Fsp3) is 0.636. The van der Waals surface area contributed by atoms with Crippen LogP contribution in [0.4, 0.5) is 5.95 Å². The van der Waals surface area contributed by atoms with E-state index in [-0.39, 0.29) is 17.3 Å². The minimum Gasteiger partial charge on any atom is -0.319 e. The molecular weight excluding hydrogens is 218 g/mol. The number of aryl methyl sites for hydroxylation is 2. The van der Waals surface area contributed by atoms with Gasteiger partial charge in [-0.1, -0.05) is 20.8 Å². The molecule has 94 valence electrons. The van der Waals surface area contributed by atoms with Gasteiger partial charge >= 0.3 is 0 Å². The Balaban J connectivity index is 2.78. The van der Waals surface area contributed by atoms with Gasteiger partial charge in [0.05, 0.1) is 17.4 Å². The third kappa shape index (κ3) is 3.45. The van der Waals surface area contributed by atoms with Crippen LogP contribution < -0.4 is 11.1 Å². The Hall–Kier alpha value is -1.56. The lowest BCUT2D eigenvalue weighted by Crippen LogP contribution is -2.45. The zero-order valence-electron chi connectivity index (χ0n) is 10.9. The second kappa shape index (κ2) is 4.75.